The van der Waals surface area contributed by atoms with Crippen LogP contribution in [0.2, 0.25) is 0 Å². The standard InChI is InChI=1S/C16H23N3O/c1-4-17-9-14-7-5-6-8-15(14)12-20-16-10-18-19(11-16)13(2)3/h5-8,10-11,13,17H,4,9,12H2,1-3H3. The number of rotatable bonds is 7. The summed E-state index contributed by atoms with van der Waals surface area (Å²) >= 11 is 0. The Kier molecular flexibility index (Phi) is 5.18. The third-order valence-electron chi connectivity index (χ3n) is 3.19. The van der Waals surface area contributed by atoms with Gasteiger partial charge in [0.2, 0.25) is 0 Å². The zero-order valence-electron chi connectivity index (χ0n) is 12.5. The first-order valence-electron chi connectivity index (χ1n) is 7.15. The van der Waals surface area contributed by atoms with Crippen molar-refractivity contribution in [3.05, 3.63) is 47.8 Å². The molecule has 2 aromatic rings. The zero-order chi connectivity index (χ0) is 14.4. The molecule has 0 saturated heterocycles. The lowest BCUT2D eigenvalue weighted by Gasteiger charge is -2.10. The molecular weight excluding hydrogens is 250 g/mol. The summed E-state index contributed by atoms with van der Waals surface area (Å²) in [5, 5.41) is 7.63. The van der Waals surface area contributed by atoms with Crippen LogP contribution >= 0.6 is 0 Å². The Balaban J connectivity index is 1.99. The van der Waals surface area contributed by atoms with Gasteiger partial charge in [0.25, 0.3) is 0 Å². The SMILES string of the molecule is CCNCc1ccccc1COc1cnn(C(C)C)c1. The van der Waals surface area contributed by atoms with Gasteiger partial charge in [-0.2, -0.15) is 5.10 Å². The van der Waals surface area contributed by atoms with Crippen molar-refractivity contribution in [2.75, 3.05) is 6.54 Å². The predicted molar refractivity (Wildman–Crippen MR) is 80.8 cm³/mol. The van der Waals surface area contributed by atoms with Gasteiger partial charge in [0.15, 0.2) is 5.75 Å². The molecule has 4 heteroatoms. The number of hydrogen-bond acceptors (Lipinski definition) is 3. The van der Waals surface area contributed by atoms with Gasteiger partial charge in [-0.3, -0.25) is 4.68 Å². The molecule has 1 aromatic heterocycles. The Hall–Kier alpha value is -1.81. The topological polar surface area (TPSA) is 39.1 Å². The summed E-state index contributed by atoms with van der Waals surface area (Å²) in [6.45, 7) is 8.73. The van der Waals surface area contributed by atoms with Crippen LogP contribution in [0.4, 0.5) is 0 Å². The van der Waals surface area contributed by atoms with Crippen LogP contribution in [-0.4, -0.2) is 16.3 Å². The van der Waals surface area contributed by atoms with E-state index < -0.39 is 0 Å². The maximum absolute atomic E-state index is 5.83. The molecule has 0 amide bonds. The van der Waals surface area contributed by atoms with E-state index in [1.54, 1.807) is 6.20 Å². The Labute approximate surface area is 120 Å². The van der Waals surface area contributed by atoms with Crippen molar-refractivity contribution in [1.29, 1.82) is 0 Å². The van der Waals surface area contributed by atoms with Crippen molar-refractivity contribution in [3.8, 4) is 5.75 Å². The highest BCUT2D eigenvalue weighted by molar-refractivity contribution is 5.27. The Morgan fingerprint density at radius 3 is 2.65 bits per heavy atom. The molecule has 0 unspecified atom stereocenters. The minimum atomic E-state index is 0.355. The van der Waals surface area contributed by atoms with Crippen LogP contribution in [0, 0.1) is 0 Å². The third kappa shape index (κ3) is 3.84. The van der Waals surface area contributed by atoms with Crippen LogP contribution in [0.15, 0.2) is 36.7 Å². The van der Waals surface area contributed by atoms with Crippen LogP contribution in [0.3, 0.4) is 0 Å². The summed E-state index contributed by atoms with van der Waals surface area (Å²) in [4.78, 5) is 0. The van der Waals surface area contributed by atoms with Crippen molar-refractivity contribution in [2.45, 2.75) is 40.0 Å². The molecule has 20 heavy (non-hydrogen) atoms. The summed E-state index contributed by atoms with van der Waals surface area (Å²) in [6, 6.07) is 8.71. The van der Waals surface area contributed by atoms with Crippen LogP contribution in [0.1, 0.15) is 37.9 Å². The fraction of sp³-hybridized carbons (Fsp3) is 0.438. The minimum absolute atomic E-state index is 0.355. The molecule has 0 atom stereocenters. The van der Waals surface area contributed by atoms with Gasteiger partial charge in [-0.1, -0.05) is 31.2 Å². The molecule has 1 aromatic carbocycles. The molecule has 4 nitrogen and oxygen atoms in total. The molecule has 108 valence electrons. The van der Waals surface area contributed by atoms with E-state index in [1.807, 2.05) is 16.9 Å². The molecular formula is C16H23N3O. The highest BCUT2D eigenvalue weighted by atomic mass is 16.5. The summed E-state index contributed by atoms with van der Waals surface area (Å²) in [6.07, 6.45) is 3.71. The Morgan fingerprint density at radius 1 is 1.25 bits per heavy atom. The van der Waals surface area contributed by atoms with Gasteiger partial charge in [0.05, 0.1) is 12.4 Å². The Morgan fingerprint density at radius 2 is 2.00 bits per heavy atom. The van der Waals surface area contributed by atoms with E-state index in [0.29, 0.717) is 12.6 Å². The minimum Gasteiger partial charge on any atom is -0.486 e. The largest absolute Gasteiger partial charge is 0.486 e. The highest BCUT2D eigenvalue weighted by Crippen LogP contribution is 2.16. The first kappa shape index (κ1) is 14.6. The zero-order valence-corrected chi connectivity index (χ0v) is 12.5. The lowest BCUT2D eigenvalue weighted by atomic mass is 10.1. The summed E-state index contributed by atoms with van der Waals surface area (Å²) in [7, 11) is 0. The summed E-state index contributed by atoms with van der Waals surface area (Å²) < 4.78 is 7.74. The number of ether oxygens (including phenoxy) is 1. The van der Waals surface area contributed by atoms with Gasteiger partial charge >= 0.3 is 0 Å². The first-order valence-corrected chi connectivity index (χ1v) is 7.15. The fourth-order valence-electron chi connectivity index (χ4n) is 1.97. The van der Waals surface area contributed by atoms with E-state index in [-0.39, 0.29) is 0 Å². The molecule has 0 radical (unpaired) electrons. The summed E-state index contributed by atoms with van der Waals surface area (Å²) in [5.74, 6) is 0.817. The molecule has 0 aliphatic carbocycles. The maximum atomic E-state index is 5.83. The van der Waals surface area contributed by atoms with E-state index >= 15 is 0 Å². The molecule has 0 bridgehead atoms. The predicted octanol–water partition coefficient (Wildman–Crippen LogP) is 3.15. The second-order valence-electron chi connectivity index (χ2n) is 5.09. The van der Waals surface area contributed by atoms with Crippen molar-refractivity contribution in [1.82, 2.24) is 15.1 Å². The van der Waals surface area contributed by atoms with Crippen molar-refractivity contribution in [2.24, 2.45) is 0 Å². The number of aromatic nitrogens is 2. The smallest absolute Gasteiger partial charge is 0.157 e. The molecule has 2 rings (SSSR count). The van der Waals surface area contributed by atoms with E-state index in [4.69, 9.17) is 4.74 Å². The number of benzene rings is 1. The molecule has 1 N–H and O–H groups in total. The Bertz CT molecular complexity index is 534. The average Bonchev–Trinajstić information content (AvgIpc) is 2.93. The van der Waals surface area contributed by atoms with Crippen molar-refractivity contribution in [3.63, 3.8) is 0 Å². The lowest BCUT2D eigenvalue weighted by Crippen LogP contribution is -2.13. The van der Waals surface area contributed by atoms with Gasteiger partial charge < -0.3 is 10.1 Å². The molecule has 0 saturated carbocycles. The highest BCUT2D eigenvalue weighted by Gasteiger charge is 2.05. The van der Waals surface area contributed by atoms with Gasteiger partial charge in [0.1, 0.15) is 6.61 Å². The number of nitrogens with zero attached hydrogens (tertiary/aromatic N) is 2. The first-order chi connectivity index (χ1) is 9.70. The lowest BCUT2D eigenvalue weighted by molar-refractivity contribution is 0.304. The van der Waals surface area contributed by atoms with E-state index in [1.165, 1.54) is 11.1 Å². The molecule has 0 fully saturated rings. The normalized spacial score (nSPS) is 11.0. The van der Waals surface area contributed by atoms with Gasteiger partial charge in [-0.15, -0.1) is 0 Å². The van der Waals surface area contributed by atoms with Gasteiger partial charge in [0, 0.05) is 12.6 Å². The maximum Gasteiger partial charge on any atom is 0.157 e. The second-order valence-corrected chi connectivity index (χ2v) is 5.09. The van der Waals surface area contributed by atoms with E-state index in [9.17, 15) is 0 Å². The molecule has 0 aliphatic heterocycles. The summed E-state index contributed by atoms with van der Waals surface area (Å²) in [5.41, 5.74) is 2.50. The average molecular weight is 273 g/mol. The number of hydrogen-bond donors (Lipinski definition) is 1. The van der Waals surface area contributed by atoms with Crippen LogP contribution < -0.4 is 10.1 Å². The molecule has 0 spiro atoms. The number of nitrogens with one attached hydrogen (secondary N) is 1. The van der Waals surface area contributed by atoms with Gasteiger partial charge in [-0.05, 0) is 31.5 Å². The quantitative estimate of drug-likeness (QED) is 0.842. The molecule has 1 heterocycles. The fourth-order valence-corrected chi connectivity index (χ4v) is 1.97. The second kappa shape index (κ2) is 7.10. The van der Waals surface area contributed by atoms with E-state index in [0.717, 1.165) is 18.8 Å². The van der Waals surface area contributed by atoms with Crippen LogP contribution in [0.5, 0.6) is 5.75 Å². The van der Waals surface area contributed by atoms with E-state index in [2.05, 4.69) is 49.4 Å². The monoisotopic (exact) mass is 273 g/mol. The van der Waals surface area contributed by atoms with Crippen LogP contribution in [0.25, 0.3) is 0 Å². The van der Waals surface area contributed by atoms with Crippen molar-refractivity contribution >= 4 is 0 Å². The molecule has 0 aliphatic rings. The van der Waals surface area contributed by atoms with Gasteiger partial charge in [-0.25, -0.2) is 0 Å². The van der Waals surface area contributed by atoms with Crippen molar-refractivity contribution < 1.29 is 4.74 Å². The third-order valence-corrected chi connectivity index (χ3v) is 3.19. The van der Waals surface area contributed by atoms with Crippen LogP contribution in [-0.2, 0) is 13.2 Å².